The summed E-state index contributed by atoms with van der Waals surface area (Å²) in [5, 5.41) is 33.4. The highest BCUT2D eigenvalue weighted by Gasteiger charge is 2.15. The summed E-state index contributed by atoms with van der Waals surface area (Å²) in [5.74, 6) is -1.59. The molecule has 0 fully saturated rings. The summed E-state index contributed by atoms with van der Waals surface area (Å²) >= 11 is 0. The highest BCUT2D eigenvalue weighted by molar-refractivity contribution is 5.73. The van der Waals surface area contributed by atoms with Crippen LogP contribution >= 0.6 is 0 Å². The lowest BCUT2D eigenvalue weighted by atomic mass is 10.2. The predicted octanol–water partition coefficient (Wildman–Crippen LogP) is 0.0746. The van der Waals surface area contributed by atoms with Gasteiger partial charge >= 0.3 is 11.9 Å². The molecule has 0 rings (SSSR count). The monoisotopic (exact) mass is 260 g/mol. The van der Waals surface area contributed by atoms with E-state index < -0.39 is 24.1 Å². The van der Waals surface area contributed by atoms with Crippen LogP contribution in [0.1, 0.15) is 19.3 Å². The Hall–Kier alpha value is -3.10. The van der Waals surface area contributed by atoms with Gasteiger partial charge in [0.25, 0.3) is 12.2 Å². The van der Waals surface area contributed by atoms with Crippen molar-refractivity contribution in [1.29, 1.82) is 21.0 Å². The third kappa shape index (κ3) is 6.94. The zero-order chi connectivity index (χ0) is 14.7. The normalized spacial score (nSPS) is 8.74. The number of rotatable bonds is 6. The Balaban J connectivity index is 3.94. The minimum absolute atomic E-state index is 0.0603. The molecule has 0 aromatic heterocycles. The van der Waals surface area contributed by atoms with E-state index in [1.54, 1.807) is 0 Å². The first-order valence-electron chi connectivity index (χ1n) is 5.04. The maximum Gasteiger partial charge on any atom is 0.308 e. The first-order chi connectivity index (χ1) is 9.07. The van der Waals surface area contributed by atoms with E-state index in [4.69, 9.17) is 21.0 Å². The Morgan fingerprint density at radius 1 is 0.789 bits per heavy atom. The van der Waals surface area contributed by atoms with Crippen LogP contribution in [0.3, 0.4) is 0 Å². The van der Waals surface area contributed by atoms with Gasteiger partial charge in [-0.15, -0.1) is 0 Å². The van der Waals surface area contributed by atoms with Gasteiger partial charge in [-0.25, -0.2) is 0 Å². The molecular formula is C11H8N4O4. The molecule has 0 heterocycles. The van der Waals surface area contributed by atoms with Crippen molar-refractivity contribution in [2.24, 2.45) is 0 Å². The fourth-order valence-electron chi connectivity index (χ4n) is 0.921. The van der Waals surface area contributed by atoms with Crippen LogP contribution in [0.15, 0.2) is 0 Å². The molecule has 0 radical (unpaired) electrons. The summed E-state index contributed by atoms with van der Waals surface area (Å²) in [4.78, 5) is 22.2. The number of hydrogen-bond donors (Lipinski definition) is 0. The van der Waals surface area contributed by atoms with Crippen molar-refractivity contribution in [2.45, 2.75) is 31.5 Å². The quantitative estimate of drug-likeness (QED) is 0.609. The molecule has 19 heavy (non-hydrogen) atoms. The van der Waals surface area contributed by atoms with E-state index in [1.165, 1.54) is 24.3 Å². The van der Waals surface area contributed by atoms with E-state index >= 15 is 0 Å². The molecule has 0 aliphatic carbocycles. The summed E-state index contributed by atoms with van der Waals surface area (Å²) in [6, 6.07) is 5.82. The van der Waals surface area contributed by atoms with Crippen molar-refractivity contribution in [3.63, 3.8) is 0 Å². The minimum Gasteiger partial charge on any atom is -0.432 e. The second-order valence-corrected chi connectivity index (χ2v) is 3.11. The summed E-state index contributed by atoms with van der Waals surface area (Å²) in [7, 11) is 0. The van der Waals surface area contributed by atoms with Crippen molar-refractivity contribution in [2.75, 3.05) is 0 Å². The fourth-order valence-corrected chi connectivity index (χ4v) is 0.921. The van der Waals surface area contributed by atoms with Gasteiger partial charge in [-0.1, -0.05) is 0 Å². The smallest absolute Gasteiger partial charge is 0.308 e. The van der Waals surface area contributed by atoms with Crippen LogP contribution in [-0.2, 0) is 19.1 Å². The molecule has 0 bridgehead atoms. The SMILES string of the molecule is N#CC(C#N)OC(=O)CCCC(=O)OC(C#N)C#N. The van der Waals surface area contributed by atoms with Gasteiger partial charge in [0.2, 0.25) is 0 Å². The van der Waals surface area contributed by atoms with Crippen LogP contribution in [-0.4, -0.2) is 24.1 Å². The van der Waals surface area contributed by atoms with Crippen molar-refractivity contribution >= 4 is 11.9 Å². The summed E-state index contributed by atoms with van der Waals surface area (Å²) in [6.07, 6.45) is -3.25. The molecule has 0 N–H and O–H groups in total. The third-order valence-corrected chi connectivity index (χ3v) is 1.73. The molecule has 0 aliphatic heterocycles. The standard InChI is InChI=1S/C11H8N4O4/c12-4-8(5-13)18-10(16)2-1-3-11(17)19-9(6-14)7-15/h8-9H,1-3H2. The van der Waals surface area contributed by atoms with Gasteiger partial charge in [0.15, 0.2) is 0 Å². The Labute approximate surface area is 109 Å². The minimum atomic E-state index is -1.47. The van der Waals surface area contributed by atoms with E-state index in [0.717, 1.165) is 0 Å². The van der Waals surface area contributed by atoms with E-state index in [9.17, 15) is 9.59 Å². The highest BCUT2D eigenvalue weighted by Crippen LogP contribution is 2.03. The van der Waals surface area contributed by atoms with Crippen LogP contribution in [0, 0.1) is 45.3 Å². The number of nitriles is 4. The Kier molecular flexibility index (Phi) is 7.52. The summed E-state index contributed by atoms with van der Waals surface area (Å²) < 4.78 is 8.87. The molecule has 0 saturated heterocycles. The molecule has 0 spiro atoms. The average molecular weight is 260 g/mol. The maximum absolute atomic E-state index is 11.1. The van der Waals surface area contributed by atoms with E-state index in [1.807, 2.05) is 0 Å². The lowest BCUT2D eigenvalue weighted by Crippen LogP contribution is -2.16. The zero-order valence-electron chi connectivity index (χ0n) is 9.70. The number of nitrogens with zero attached hydrogens (tertiary/aromatic N) is 4. The summed E-state index contributed by atoms with van der Waals surface area (Å²) in [5.41, 5.74) is 0. The van der Waals surface area contributed by atoms with Crippen LogP contribution < -0.4 is 0 Å². The molecule has 8 nitrogen and oxygen atoms in total. The molecule has 0 aliphatic rings. The first kappa shape index (κ1) is 15.9. The second-order valence-electron chi connectivity index (χ2n) is 3.11. The molecule has 0 atom stereocenters. The Morgan fingerprint density at radius 2 is 1.11 bits per heavy atom. The van der Waals surface area contributed by atoms with Crippen LogP contribution in [0.5, 0.6) is 0 Å². The van der Waals surface area contributed by atoms with Gasteiger partial charge in [0, 0.05) is 12.8 Å². The van der Waals surface area contributed by atoms with Crippen LogP contribution in [0.4, 0.5) is 0 Å². The maximum atomic E-state index is 11.1. The van der Waals surface area contributed by atoms with Crippen molar-refractivity contribution in [1.82, 2.24) is 0 Å². The zero-order valence-corrected chi connectivity index (χ0v) is 9.70. The number of carbonyl (C=O) groups excluding carboxylic acids is 2. The lowest BCUT2D eigenvalue weighted by Gasteiger charge is -2.05. The number of hydrogen-bond acceptors (Lipinski definition) is 8. The molecule has 8 heteroatoms. The molecule has 0 unspecified atom stereocenters. The average Bonchev–Trinajstić information content (AvgIpc) is 2.42. The number of ether oxygens (including phenoxy) is 2. The van der Waals surface area contributed by atoms with E-state index in [-0.39, 0.29) is 19.3 Å². The second kappa shape index (κ2) is 8.98. The van der Waals surface area contributed by atoms with Gasteiger partial charge < -0.3 is 9.47 Å². The fraction of sp³-hybridized carbons (Fsp3) is 0.455. The van der Waals surface area contributed by atoms with Gasteiger partial charge in [-0.3, -0.25) is 9.59 Å². The Morgan fingerprint density at radius 3 is 1.37 bits per heavy atom. The lowest BCUT2D eigenvalue weighted by molar-refractivity contribution is -0.146. The van der Waals surface area contributed by atoms with Gasteiger partial charge in [0.05, 0.1) is 0 Å². The molecular weight excluding hydrogens is 252 g/mol. The highest BCUT2D eigenvalue weighted by atomic mass is 16.5. The predicted molar refractivity (Wildman–Crippen MR) is 56.1 cm³/mol. The molecule has 0 amide bonds. The molecule has 0 saturated carbocycles. The van der Waals surface area contributed by atoms with Crippen LogP contribution in [0.2, 0.25) is 0 Å². The van der Waals surface area contributed by atoms with Crippen molar-refractivity contribution in [3.05, 3.63) is 0 Å². The number of esters is 2. The Bertz CT molecular complexity index is 429. The number of carbonyl (C=O) groups is 2. The van der Waals surface area contributed by atoms with Crippen LogP contribution in [0.25, 0.3) is 0 Å². The third-order valence-electron chi connectivity index (χ3n) is 1.73. The van der Waals surface area contributed by atoms with Gasteiger partial charge in [-0.2, -0.15) is 21.0 Å². The molecule has 0 aromatic rings. The van der Waals surface area contributed by atoms with E-state index in [0.29, 0.717) is 0 Å². The van der Waals surface area contributed by atoms with Crippen molar-refractivity contribution < 1.29 is 19.1 Å². The van der Waals surface area contributed by atoms with Gasteiger partial charge in [-0.05, 0) is 6.42 Å². The van der Waals surface area contributed by atoms with Crippen molar-refractivity contribution in [3.8, 4) is 24.3 Å². The molecule has 96 valence electrons. The molecule has 0 aromatic carbocycles. The largest absolute Gasteiger partial charge is 0.432 e. The van der Waals surface area contributed by atoms with Gasteiger partial charge in [0.1, 0.15) is 24.3 Å². The van der Waals surface area contributed by atoms with E-state index in [2.05, 4.69) is 9.47 Å². The topological polar surface area (TPSA) is 148 Å². The summed E-state index contributed by atoms with van der Waals surface area (Å²) in [6.45, 7) is 0. The first-order valence-corrected chi connectivity index (χ1v) is 5.04.